The second-order valence-electron chi connectivity index (χ2n) is 5.91. The summed E-state index contributed by atoms with van der Waals surface area (Å²) in [5, 5.41) is 3.15. The molecule has 2 rings (SSSR count). The van der Waals surface area contributed by atoms with E-state index >= 15 is 0 Å². The Morgan fingerprint density at radius 1 is 1.21 bits per heavy atom. The first-order valence-corrected chi connectivity index (χ1v) is 8.35. The summed E-state index contributed by atoms with van der Waals surface area (Å²) in [6.45, 7) is 7.24. The van der Waals surface area contributed by atoms with Crippen LogP contribution >= 0.6 is 11.3 Å². The lowest BCUT2D eigenvalue weighted by molar-refractivity contribution is 0.0533. The highest BCUT2D eigenvalue weighted by atomic mass is 32.1. The molecule has 1 aromatic carbocycles. The molecule has 0 radical (unpaired) electrons. The fraction of sp³-hybridized carbons (Fsp3) is 0.353. The number of esters is 1. The number of thiazole rings is 1. The molecule has 6 nitrogen and oxygen atoms in total. The Labute approximate surface area is 144 Å². The third-order valence-corrected chi connectivity index (χ3v) is 3.81. The highest BCUT2D eigenvalue weighted by molar-refractivity contribution is 7.17. The van der Waals surface area contributed by atoms with E-state index in [1.165, 1.54) is 0 Å². The van der Waals surface area contributed by atoms with Crippen LogP contribution in [0.15, 0.2) is 30.3 Å². The Morgan fingerprint density at radius 3 is 2.46 bits per heavy atom. The number of nitrogens with zero attached hydrogens (tertiary/aromatic N) is 1. The second kappa shape index (κ2) is 7.44. The molecule has 7 heteroatoms. The van der Waals surface area contributed by atoms with Gasteiger partial charge in [-0.2, -0.15) is 0 Å². The number of benzene rings is 1. The Morgan fingerprint density at radius 2 is 1.88 bits per heavy atom. The molecule has 24 heavy (non-hydrogen) atoms. The lowest BCUT2D eigenvalue weighted by Gasteiger charge is -2.19. The van der Waals surface area contributed by atoms with Gasteiger partial charge in [0.2, 0.25) is 0 Å². The molecule has 0 aliphatic rings. The van der Waals surface area contributed by atoms with Crippen LogP contribution in [0.2, 0.25) is 0 Å². The summed E-state index contributed by atoms with van der Waals surface area (Å²) < 4.78 is 10.3. The van der Waals surface area contributed by atoms with E-state index in [0.29, 0.717) is 5.01 Å². The maximum Gasteiger partial charge on any atom is 0.413 e. The molecule has 1 amide bonds. The van der Waals surface area contributed by atoms with Gasteiger partial charge in [0, 0.05) is 5.56 Å². The first-order valence-electron chi connectivity index (χ1n) is 7.53. The molecule has 0 atom stereocenters. The van der Waals surface area contributed by atoms with Crippen LogP contribution in [0.4, 0.5) is 10.6 Å². The first kappa shape index (κ1) is 17.9. The van der Waals surface area contributed by atoms with Crippen molar-refractivity contribution in [2.75, 3.05) is 11.9 Å². The predicted octanol–water partition coefficient (Wildman–Crippen LogP) is 4.33. The van der Waals surface area contributed by atoms with Gasteiger partial charge in [-0.15, -0.1) is 11.3 Å². The van der Waals surface area contributed by atoms with Crippen molar-refractivity contribution in [3.05, 3.63) is 35.2 Å². The Bertz CT molecular complexity index is 720. The lowest BCUT2D eigenvalue weighted by Crippen LogP contribution is -2.27. The third-order valence-electron chi connectivity index (χ3n) is 2.73. The maximum absolute atomic E-state index is 12.1. The van der Waals surface area contributed by atoms with Crippen LogP contribution < -0.4 is 5.32 Å². The van der Waals surface area contributed by atoms with Gasteiger partial charge >= 0.3 is 12.1 Å². The summed E-state index contributed by atoms with van der Waals surface area (Å²) in [4.78, 5) is 28.7. The number of ether oxygens (including phenoxy) is 2. The molecule has 0 fully saturated rings. The standard InChI is InChI=1S/C17H20N2O4S/c1-5-22-15(20)12-13(19-16(21)23-17(2,3)4)18-14(24-12)11-9-7-6-8-10-11/h6-10H,5H2,1-4H3,(H,19,21). The molecule has 0 aliphatic heterocycles. The third kappa shape index (κ3) is 4.79. The van der Waals surface area contributed by atoms with Gasteiger partial charge in [-0.25, -0.2) is 14.6 Å². The van der Waals surface area contributed by atoms with Crippen molar-refractivity contribution in [2.45, 2.75) is 33.3 Å². The van der Waals surface area contributed by atoms with Gasteiger partial charge in [0.1, 0.15) is 10.6 Å². The number of nitrogens with one attached hydrogen (secondary N) is 1. The molecular weight excluding hydrogens is 328 g/mol. The molecular formula is C17H20N2O4S. The van der Waals surface area contributed by atoms with Crippen LogP contribution in [-0.4, -0.2) is 29.3 Å². The van der Waals surface area contributed by atoms with Crippen molar-refractivity contribution >= 4 is 29.2 Å². The number of hydrogen-bond donors (Lipinski definition) is 1. The number of aromatic nitrogens is 1. The van der Waals surface area contributed by atoms with Gasteiger partial charge in [0.05, 0.1) is 6.61 Å². The van der Waals surface area contributed by atoms with Crippen molar-refractivity contribution in [3.63, 3.8) is 0 Å². The highest BCUT2D eigenvalue weighted by Gasteiger charge is 2.24. The van der Waals surface area contributed by atoms with E-state index in [4.69, 9.17) is 9.47 Å². The largest absolute Gasteiger partial charge is 0.462 e. The number of anilines is 1. The number of amides is 1. The average molecular weight is 348 g/mol. The minimum atomic E-state index is -0.669. The van der Waals surface area contributed by atoms with Gasteiger partial charge in [-0.05, 0) is 27.7 Å². The van der Waals surface area contributed by atoms with Gasteiger partial charge in [0.15, 0.2) is 10.7 Å². The van der Waals surface area contributed by atoms with Crippen LogP contribution in [0.1, 0.15) is 37.4 Å². The summed E-state index contributed by atoms with van der Waals surface area (Å²) in [5.41, 5.74) is 0.206. The van der Waals surface area contributed by atoms with E-state index in [9.17, 15) is 9.59 Å². The lowest BCUT2D eigenvalue weighted by atomic mass is 10.2. The molecule has 0 saturated carbocycles. The molecule has 1 heterocycles. The summed E-state index contributed by atoms with van der Waals surface area (Å²) >= 11 is 1.16. The first-order chi connectivity index (χ1) is 11.3. The molecule has 1 aromatic heterocycles. The summed E-state index contributed by atoms with van der Waals surface area (Å²) in [6, 6.07) is 9.41. The fourth-order valence-corrected chi connectivity index (χ4v) is 2.76. The number of rotatable bonds is 4. The van der Waals surface area contributed by atoms with Crippen LogP contribution in [-0.2, 0) is 9.47 Å². The van der Waals surface area contributed by atoms with E-state index in [0.717, 1.165) is 16.9 Å². The van der Waals surface area contributed by atoms with Crippen LogP contribution in [0.5, 0.6) is 0 Å². The van der Waals surface area contributed by atoms with Gasteiger partial charge in [-0.1, -0.05) is 30.3 Å². The Kier molecular flexibility index (Phi) is 5.56. The topological polar surface area (TPSA) is 77.5 Å². The Hall–Kier alpha value is -2.41. The number of carbonyl (C=O) groups is 2. The van der Waals surface area contributed by atoms with Gasteiger partial charge in [0.25, 0.3) is 0 Å². The predicted molar refractivity (Wildman–Crippen MR) is 93.4 cm³/mol. The molecule has 1 N–H and O–H groups in total. The second-order valence-corrected chi connectivity index (χ2v) is 6.91. The van der Waals surface area contributed by atoms with Crippen molar-refractivity contribution < 1.29 is 19.1 Å². The summed E-state index contributed by atoms with van der Waals surface area (Å²) in [6.07, 6.45) is -0.669. The smallest absolute Gasteiger partial charge is 0.413 e. The molecule has 2 aromatic rings. The minimum Gasteiger partial charge on any atom is -0.462 e. The quantitative estimate of drug-likeness (QED) is 0.832. The minimum absolute atomic E-state index is 0.145. The van der Waals surface area contributed by atoms with Gasteiger partial charge < -0.3 is 9.47 Å². The molecule has 0 unspecified atom stereocenters. The van der Waals surface area contributed by atoms with E-state index < -0.39 is 17.7 Å². The van der Waals surface area contributed by atoms with Crippen LogP contribution in [0.3, 0.4) is 0 Å². The maximum atomic E-state index is 12.1. The van der Waals surface area contributed by atoms with Crippen LogP contribution in [0, 0.1) is 0 Å². The van der Waals surface area contributed by atoms with E-state index in [1.54, 1.807) is 27.7 Å². The van der Waals surface area contributed by atoms with Crippen molar-refractivity contribution in [2.24, 2.45) is 0 Å². The number of hydrogen-bond acceptors (Lipinski definition) is 6. The average Bonchev–Trinajstić information content (AvgIpc) is 2.90. The summed E-state index contributed by atoms with van der Waals surface area (Å²) in [5.74, 6) is -0.380. The zero-order valence-electron chi connectivity index (χ0n) is 14.1. The number of carbonyl (C=O) groups excluding carboxylic acids is 2. The molecule has 0 spiro atoms. The summed E-state index contributed by atoms with van der Waals surface area (Å²) in [7, 11) is 0. The van der Waals surface area contributed by atoms with E-state index in [1.807, 2.05) is 30.3 Å². The van der Waals surface area contributed by atoms with Crippen molar-refractivity contribution in [3.8, 4) is 10.6 Å². The monoisotopic (exact) mass is 348 g/mol. The molecule has 0 bridgehead atoms. The normalized spacial score (nSPS) is 11.0. The molecule has 0 saturated heterocycles. The zero-order chi connectivity index (χ0) is 17.7. The van der Waals surface area contributed by atoms with Crippen molar-refractivity contribution in [1.29, 1.82) is 0 Å². The fourth-order valence-electron chi connectivity index (χ4n) is 1.84. The highest BCUT2D eigenvalue weighted by Crippen LogP contribution is 2.32. The van der Waals surface area contributed by atoms with Crippen molar-refractivity contribution in [1.82, 2.24) is 4.98 Å². The van der Waals surface area contributed by atoms with Crippen LogP contribution in [0.25, 0.3) is 10.6 Å². The zero-order valence-corrected chi connectivity index (χ0v) is 14.9. The molecule has 0 aliphatic carbocycles. The van der Waals surface area contributed by atoms with E-state index in [-0.39, 0.29) is 17.3 Å². The SMILES string of the molecule is CCOC(=O)c1sc(-c2ccccc2)nc1NC(=O)OC(C)(C)C. The Balaban J connectivity index is 2.32. The molecule has 128 valence electrons. The van der Waals surface area contributed by atoms with Gasteiger partial charge in [-0.3, -0.25) is 5.32 Å². The van der Waals surface area contributed by atoms with E-state index in [2.05, 4.69) is 10.3 Å².